The van der Waals surface area contributed by atoms with Gasteiger partial charge >= 0.3 is 0 Å². The molecule has 2 aromatic heterocycles. The number of nitrogens with zero attached hydrogens (tertiary/aromatic N) is 3. The summed E-state index contributed by atoms with van der Waals surface area (Å²) in [7, 11) is 3.25. The van der Waals surface area contributed by atoms with Gasteiger partial charge in [0.05, 0.1) is 22.8 Å². The van der Waals surface area contributed by atoms with Crippen LogP contribution >= 0.6 is 39.1 Å². The van der Waals surface area contributed by atoms with Gasteiger partial charge in [-0.25, -0.2) is 4.98 Å². The largest absolute Gasteiger partial charge is 0.480 e. The third-order valence-electron chi connectivity index (χ3n) is 4.55. The zero-order valence-corrected chi connectivity index (χ0v) is 19.5. The molecule has 2 heterocycles. The molecule has 0 unspecified atom stereocenters. The van der Waals surface area contributed by atoms with E-state index in [1.54, 1.807) is 48.0 Å². The van der Waals surface area contributed by atoms with E-state index in [1.165, 1.54) is 7.11 Å². The standard InChI is InChI=1S/C21H16BrCl2N5O2/c1-29-18-16(26-21(29)27-17-14(23)4-3-5-15(17)24)10-13(20(28-18)31-2)19(30)25-12-8-6-11(22)7-9-12/h3-10H,1-2H3,(H,25,30)(H,26,27). The number of fused-ring (bicyclic) bond motifs is 1. The molecule has 0 bridgehead atoms. The lowest BCUT2D eigenvalue weighted by Crippen LogP contribution is -2.14. The minimum atomic E-state index is -0.358. The number of imidazole rings is 1. The second kappa shape index (κ2) is 8.74. The predicted molar refractivity (Wildman–Crippen MR) is 127 cm³/mol. The minimum absolute atomic E-state index is 0.187. The van der Waals surface area contributed by atoms with E-state index in [2.05, 4.69) is 36.5 Å². The summed E-state index contributed by atoms with van der Waals surface area (Å²) < 4.78 is 8.01. The number of carbonyl (C=O) groups is 1. The van der Waals surface area contributed by atoms with Gasteiger partial charge in [0.25, 0.3) is 5.91 Å². The average Bonchev–Trinajstić information content (AvgIpc) is 3.06. The quantitative estimate of drug-likeness (QED) is 0.335. The summed E-state index contributed by atoms with van der Waals surface area (Å²) in [5, 5.41) is 6.88. The first-order valence-corrected chi connectivity index (χ1v) is 10.6. The second-order valence-electron chi connectivity index (χ2n) is 6.57. The molecule has 31 heavy (non-hydrogen) atoms. The summed E-state index contributed by atoms with van der Waals surface area (Å²) in [5.41, 5.74) is 2.48. The Morgan fingerprint density at radius 3 is 2.42 bits per heavy atom. The van der Waals surface area contributed by atoms with Crippen molar-refractivity contribution in [3.05, 3.63) is 68.6 Å². The van der Waals surface area contributed by atoms with Crippen LogP contribution < -0.4 is 15.4 Å². The molecule has 0 saturated carbocycles. The summed E-state index contributed by atoms with van der Waals surface area (Å²) in [6.45, 7) is 0. The third-order valence-corrected chi connectivity index (χ3v) is 5.71. The van der Waals surface area contributed by atoms with Crippen molar-refractivity contribution < 1.29 is 9.53 Å². The third kappa shape index (κ3) is 4.32. The number of rotatable bonds is 5. The van der Waals surface area contributed by atoms with Gasteiger partial charge in [0.2, 0.25) is 11.8 Å². The van der Waals surface area contributed by atoms with Crippen LogP contribution in [0.3, 0.4) is 0 Å². The number of benzene rings is 2. The van der Waals surface area contributed by atoms with Crippen molar-refractivity contribution in [2.75, 3.05) is 17.7 Å². The average molecular weight is 521 g/mol. The fourth-order valence-electron chi connectivity index (χ4n) is 2.99. The molecule has 10 heteroatoms. The van der Waals surface area contributed by atoms with E-state index in [4.69, 9.17) is 27.9 Å². The second-order valence-corrected chi connectivity index (χ2v) is 8.30. The lowest BCUT2D eigenvalue weighted by Gasteiger charge is -2.10. The molecular weight excluding hydrogens is 505 g/mol. The van der Waals surface area contributed by atoms with Crippen LogP contribution in [0.1, 0.15) is 10.4 Å². The molecule has 0 spiro atoms. The first-order chi connectivity index (χ1) is 14.9. The van der Waals surface area contributed by atoms with E-state index in [1.807, 2.05) is 12.1 Å². The van der Waals surface area contributed by atoms with Gasteiger partial charge in [0, 0.05) is 17.2 Å². The number of carbonyl (C=O) groups excluding carboxylic acids is 1. The van der Waals surface area contributed by atoms with E-state index in [0.29, 0.717) is 38.5 Å². The maximum Gasteiger partial charge on any atom is 0.261 e. The molecule has 158 valence electrons. The highest BCUT2D eigenvalue weighted by atomic mass is 79.9. The number of anilines is 3. The fourth-order valence-corrected chi connectivity index (χ4v) is 3.74. The number of nitrogens with one attached hydrogen (secondary N) is 2. The zero-order valence-electron chi connectivity index (χ0n) is 16.4. The van der Waals surface area contributed by atoms with Gasteiger partial charge < -0.3 is 15.4 Å². The molecule has 0 radical (unpaired) electrons. The summed E-state index contributed by atoms with van der Waals surface area (Å²) in [6, 6.07) is 14.1. The number of pyridine rings is 1. The van der Waals surface area contributed by atoms with E-state index < -0.39 is 0 Å². The highest BCUT2D eigenvalue weighted by molar-refractivity contribution is 9.10. The number of hydrogen-bond donors (Lipinski definition) is 2. The van der Waals surface area contributed by atoms with Crippen molar-refractivity contribution >= 4 is 73.5 Å². The monoisotopic (exact) mass is 519 g/mol. The van der Waals surface area contributed by atoms with Gasteiger partial charge in [-0.3, -0.25) is 9.36 Å². The molecule has 2 N–H and O–H groups in total. The summed E-state index contributed by atoms with van der Waals surface area (Å²) in [5.74, 6) is 0.292. The minimum Gasteiger partial charge on any atom is -0.480 e. The molecule has 4 rings (SSSR count). The molecule has 2 aromatic carbocycles. The molecular formula is C21H16BrCl2N5O2. The smallest absolute Gasteiger partial charge is 0.261 e. The molecule has 1 amide bonds. The van der Waals surface area contributed by atoms with E-state index in [9.17, 15) is 4.79 Å². The zero-order chi connectivity index (χ0) is 22.1. The Hall–Kier alpha value is -2.81. The van der Waals surface area contributed by atoms with Crippen LogP contribution in [0, 0.1) is 0 Å². The van der Waals surface area contributed by atoms with Gasteiger partial charge in [-0.05, 0) is 42.5 Å². The Morgan fingerprint density at radius 1 is 1.10 bits per heavy atom. The molecule has 0 aliphatic rings. The number of halogens is 3. The van der Waals surface area contributed by atoms with Crippen molar-refractivity contribution in [2.24, 2.45) is 7.05 Å². The van der Waals surface area contributed by atoms with Crippen molar-refractivity contribution in [1.82, 2.24) is 14.5 Å². The molecule has 0 aliphatic heterocycles. The highest BCUT2D eigenvalue weighted by Gasteiger charge is 2.20. The van der Waals surface area contributed by atoms with Crippen molar-refractivity contribution in [3.63, 3.8) is 0 Å². The summed E-state index contributed by atoms with van der Waals surface area (Å²) >= 11 is 15.9. The summed E-state index contributed by atoms with van der Waals surface area (Å²) in [4.78, 5) is 21.9. The van der Waals surface area contributed by atoms with Crippen molar-refractivity contribution in [1.29, 1.82) is 0 Å². The number of hydrogen-bond acceptors (Lipinski definition) is 5. The highest BCUT2D eigenvalue weighted by Crippen LogP contribution is 2.33. The number of aromatic nitrogens is 3. The van der Waals surface area contributed by atoms with Crippen molar-refractivity contribution in [2.45, 2.75) is 0 Å². The van der Waals surface area contributed by atoms with Crippen molar-refractivity contribution in [3.8, 4) is 5.88 Å². The lowest BCUT2D eigenvalue weighted by molar-refractivity contribution is 0.102. The van der Waals surface area contributed by atoms with Crippen LogP contribution in [0.15, 0.2) is 53.0 Å². The predicted octanol–water partition coefficient (Wildman–Crippen LogP) is 6.04. The number of para-hydroxylation sites is 1. The fraction of sp³-hybridized carbons (Fsp3) is 0.0952. The topological polar surface area (TPSA) is 81.1 Å². The SMILES string of the molecule is COc1nc2c(cc1C(=O)Nc1ccc(Br)cc1)nc(Nc1c(Cl)cccc1Cl)n2C. The van der Waals surface area contributed by atoms with E-state index >= 15 is 0 Å². The lowest BCUT2D eigenvalue weighted by atomic mass is 10.2. The van der Waals surface area contributed by atoms with E-state index in [-0.39, 0.29) is 17.4 Å². The van der Waals surface area contributed by atoms with Crippen LogP contribution in [0.2, 0.25) is 10.0 Å². The molecule has 0 atom stereocenters. The molecule has 0 fully saturated rings. The van der Waals surface area contributed by atoms with Gasteiger partial charge in [-0.2, -0.15) is 4.98 Å². The first kappa shape index (κ1) is 21.4. The van der Waals surface area contributed by atoms with Crippen LogP contribution in [0.4, 0.5) is 17.3 Å². The molecule has 0 saturated heterocycles. The van der Waals surface area contributed by atoms with E-state index in [0.717, 1.165) is 4.47 Å². The van der Waals surface area contributed by atoms with Gasteiger partial charge in [-0.1, -0.05) is 45.2 Å². The van der Waals surface area contributed by atoms with Crippen LogP contribution in [-0.2, 0) is 7.05 Å². The molecule has 0 aliphatic carbocycles. The van der Waals surface area contributed by atoms with Crippen LogP contribution in [-0.4, -0.2) is 27.6 Å². The van der Waals surface area contributed by atoms with Crippen LogP contribution in [0.25, 0.3) is 11.2 Å². The Labute approximate surface area is 196 Å². The Kier molecular flexibility index (Phi) is 6.04. The van der Waals surface area contributed by atoms with Crippen LogP contribution in [0.5, 0.6) is 5.88 Å². The Morgan fingerprint density at radius 2 is 1.77 bits per heavy atom. The first-order valence-electron chi connectivity index (χ1n) is 9.07. The van der Waals surface area contributed by atoms with Gasteiger partial charge in [-0.15, -0.1) is 0 Å². The normalized spacial score (nSPS) is 10.9. The number of amides is 1. The number of methoxy groups -OCH3 is 1. The summed E-state index contributed by atoms with van der Waals surface area (Å²) in [6.07, 6.45) is 0. The molecule has 4 aromatic rings. The Balaban J connectivity index is 1.71. The number of aryl methyl sites for hydroxylation is 1. The number of ether oxygens (including phenoxy) is 1. The molecule has 7 nitrogen and oxygen atoms in total. The van der Waals surface area contributed by atoms with Gasteiger partial charge in [0.15, 0.2) is 5.65 Å². The maximum absolute atomic E-state index is 12.9. The Bertz CT molecular complexity index is 1270. The maximum atomic E-state index is 12.9. The van der Waals surface area contributed by atoms with Gasteiger partial charge in [0.1, 0.15) is 11.1 Å².